The van der Waals surface area contributed by atoms with Gasteiger partial charge >= 0.3 is 12.4 Å². The van der Waals surface area contributed by atoms with Gasteiger partial charge in [-0.1, -0.05) is 30.3 Å². The molecular weight excluding hydrogens is 561 g/mol. The summed E-state index contributed by atoms with van der Waals surface area (Å²) in [5, 5.41) is 2.94. The van der Waals surface area contributed by atoms with Crippen molar-refractivity contribution in [2.45, 2.75) is 57.4 Å². The van der Waals surface area contributed by atoms with Crippen molar-refractivity contribution in [1.29, 1.82) is 0 Å². The molecule has 3 aromatic rings. The molecule has 0 N–H and O–H groups in total. The maximum absolute atomic E-state index is 13.3. The number of aryl methyl sites for hydroxylation is 1. The monoisotopic (exact) mass is 586 g/mol. The highest BCUT2D eigenvalue weighted by molar-refractivity contribution is 7.09. The van der Waals surface area contributed by atoms with Crippen LogP contribution in [0.1, 0.15) is 51.8 Å². The Morgan fingerprint density at radius 1 is 0.973 bits per heavy atom. The molecule has 0 radical (unpaired) electrons. The molecule has 1 aliphatic rings. The van der Waals surface area contributed by atoms with Crippen LogP contribution in [0.2, 0.25) is 0 Å². The summed E-state index contributed by atoms with van der Waals surface area (Å²) in [7, 11) is 0. The standard InChI is InChI=1S/C25H24F6N2OS.2ClH/c1-16-32-21(15-35-16)13-33-9-5-8-22(23(33)18-6-3-2-4-7-18)34-14-17-10-19(24(26,27)28)12-20(11-17)25(29,30)31;;/h2-4,6-7,10-12,15,22-23H,5,8-9,13-14H2,1H3;2*1H/t22-,23-;;/m0../s1. The summed E-state index contributed by atoms with van der Waals surface area (Å²) >= 11 is 1.55. The van der Waals surface area contributed by atoms with Gasteiger partial charge in [-0.15, -0.1) is 36.2 Å². The third-order valence-electron chi connectivity index (χ3n) is 5.96. The summed E-state index contributed by atoms with van der Waals surface area (Å²) in [4.78, 5) is 6.75. The topological polar surface area (TPSA) is 25.4 Å². The first kappa shape index (κ1) is 31.4. The Balaban J connectivity index is 0.00000241. The molecule has 1 aliphatic heterocycles. The van der Waals surface area contributed by atoms with Crippen molar-refractivity contribution in [2.75, 3.05) is 6.54 Å². The van der Waals surface area contributed by atoms with E-state index in [1.165, 1.54) is 0 Å². The Kier molecular flexibility index (Phi) is 10.9. The number of ether oxygens (including phenoxy) is 1. The fourth-order valence-corrected chi connectivity index (χ4v) is 5.05. The van der Waals surface area contributed by atoms with Gasteiger partial charge in [-0.05, 0) is 55.6 Å². The van der Waals surface area contributed by atoms with E-state index in [0.29, 0.717) is 13.0 Å². The number of hydrogen-bond acceptors (Lipinski definition) is 4. The Morgan fingerprint density at radius 3 is 2.14 bits per heavy atom. The van der Waals surface area contributed by atoms with Gasteiger partial charge in [-0.3, -0.25) is 4.90 Å². The van der Waals surface area contributed by atoms with Crippen molar-refractivity contribution in [3.8, 4) is 0 Å². The molecule has 204 valence electrons. The first-order valence-corrected chi connectivity index (χ1v) is 12.0. The summed E-state index contributed by atoms with van der Waals surface area (Å²) in [5.74, 6) is 0. The number of hydrogen-bond donors (Lipinski definition) is 0. The molecule has 0 spiro atoms. The van der Waals surface area contributed by atoms with Gasteiger partial charge in [0.15, 0.2) is 0 Å². The van der Waals surface area contributed by atoms with Crippen molar-refractivity contribution in [3.05, 3.63) is 86.9 Å². The minimum absolute atomic E-state index is 0. The smallest absolute Gasteiger partial charge is 0.372 e. The third kappa shape index (κ3) is 8.07. The average Bonchev–Trinajstić information content (AvgIpc) is 3.21. The molecule has 1 aromatic heterocycles. The average molecular weight is 587 g/mol. The van der Waals surface area contributed by atoms with Gasteiger partial charge in [0.2, 0.25) is 0 Å². The van der Waals surface area contributed by atoms with E-state index in [9.17, 15) is 26.3 Å². The number of piperidine rings is 1. The summed E-state index contributed by atoms with van der Waals surface area (Å²) in [5.41, 5.74) is -0.943. The van der Waals surface area contributed by atoms with E-state index in [2.05, 4.69) is 9.88 Å². The molecule has 2 heterocycles. The van der Waals surface area contributed by atoms with Crippen LogP contribution in [-0.4, -0.2) is 22.5 Å². The predicted octanol–water partition coefficient (Wildman–Crippen LogP) is 8.26. The van der Waals surface area contributed by atoms with Gasteiger partial charge in [0.25, 0.3) is 0 Å². The van der Waals surface area contributed by atoms with Crippen LogP contribution in [0.25, 0.3) is 0 Å². The van der Waals surface area contributed by atoms with Crippen LogP contribution in [0.5, 0.6) is 0 Å². The second-order valence-electron chi connectivity index (χ2n) is 8.59. The molecule has 0 amide bonds. The van der Waals surface area contributed by atoms with Crippen LogP contribution in [-0.2, 0) is 30.2 Å². The number of rotatable bonds is 6. The fraction of sp³-hybridized carbons (Fsp3) is 0.400. The van der Waals surface area contributed by atoms with Crippen molar-refractivity contribution in [1.82, 2.24) is 9.88 Å². The SMILES string of the molecule is Cc1nc(CN2CCC[C@H](OCc3cc(C(F)(F)F)cc(C(F)(F)F)c3)[C@@H]2c2ccccc2)cs1.Cl.Cl. The van der Waals surface area contributed by atoms with E-state index in [1.54, 1.807) is 11.3 Å². The molecule has 1 saturated heterocycles. The number of alkyl halides is 6. The summed E-state index contributed by atoms with van der Waals surface area (Å²) in [6.07, 6.45) is -8.77. The summed E-state index contributed by atoms with van der Waals surface area (Å²) < 4.78 is 85.6. The van der Waals surface area contributed by atoms with Gasteiger partial charge in [-0.25, -0.2) is 4.98 Å². The number of likely N-dealkylation sites (tertiary alicyclic amines) is 1. The highest BCUT2D eigenvalue weighted by Gasteiger charge is 2.38. The Bertz CT molecular complexity index is 1110. The minimum atomic E-state index is -4.89. The van der Waals surface area contributed by atoms with Crippen molar-refractivity contribution < 1.29 is 31.1 Å². The zero-order valence-corrected chi connectivity index (χ0v) is 22.1. The lowest BCUT2D eigenvalue weighted by Crippen LogP contribution is -2.42. The van der Waals surface area contributed by atoms with E-state index in [1.807, 2.05) is 42.6 Å². The second-order valence-corrected chi connectivity index (χ2v) is 9.65. The van der Waals surface area contributed by atoms with Crippen LogP contribution in [0.3, 0.4) is 0 Å². The lowest BCUT2D eigenvalue weighted by atomic mass is 9.92. The Morgan fingerprint density at radius 2 is 1.59 bits per heavy atom. The fourth-order valence-electron chi connectivity index (χ4n) is 4.45. The Hall–Kier alpha value is -1.85. The number of halogens is 8. The zero-order chi connectivity index (χ0) is 25.2. The van der Waals surface area contributed by atoms with Crippen LogP contribution in [0.4, 0.5) is 26.3 Å². The third-order valence-corrected chi connectivity index (χ3v) is 6.79. The zero-order valence-electron chi connectivity index (χ0n) is 19.7. The van der Waals surface area contributed by atoms with E-state index >= 15 is 0 Å². The minimum Gasteiger partial charge on any atom is -0.372 e. The maximum Gasteiger partial charge on any atom is 0.416 e. The van der Waals surface area contributed by atoms with E-state index in [-0.39, 0.29) is 49.1 Å². The lowest BCUT2D eigenvalue weighted by Gasteiger charge is -2.41. The second kappa shape index (κ2) is 12.8. The highest BCUT2D eigenvalue weighted by Crippen LogP contribution is 2.38. The van der Waals surface area contributed by atoms with Gasteiger partial charge in [0, 0.05) is 11.9 Å². The largest absolute Gasteiger partial charge is 0.416 e. The highest BCUT2D eigenvalue weighted by atomic mass is 35.5. The molecular formula is C25H26Cl2F6N2OS. The van der Waals surface area contributed by atoms with Crippen LogP contribution >= 0.6 is 36.2 Å². The van der Waals surface area contributed by atoms with Gasteiger partial charge in [0.1, 0.15) is 0 Å². The molecule has 0 saturated carbocycles. The van der Waals surface area contributed by atoms with Crippen molar-refractivity contribution in [2.24, 2.45) is 0 Å². The summed E-state index contributed by atoms with van der Waals surface area (Å²) in [6, 6.07) is 11.0. The van der Waals surface area contributed by atoms with Gasteiger partial charge < -0.3 is 4.74 Å². The predicted molar refractivity (Wildman–Crippen MR) is 135 cm³/mol. The number of nitrogens with zero attached hydrogens (tertiary/aromatic N) is 2. The van der Waals surface area contributed by atoms with Crippen LogP contribution < -0.4 is 0 Å². The molecule has 12 heteroatoms. The molecule has 1 fully saturated rings. The molecule has 0 aliphatic carbocycles. The molecule has 37 heavy (non-hydrogen) atoms. The maximum atomic E-state index is 13.3. The normalized spacial score (nSPS) is 18.7. The number of thiazole rings is 1. The van der Waals surface area contributed by atoms with E-state index in [0.717, 1.165) is 41.4 Å². The molecule has 3 nitrogen and oxygen atoms in total. The first-order valence-electron chi connectivity index (χ1n) is 11.1. The van der Waals surface area contributed by atoms with Gasteiger partial charge in [0.05, 0.1) is 40.6 Å². The lowest BCUT2D eigenvalue weighted by molar-refractivity contribution is -0.143. The number of benzene rings is 2. The molecule has 0 unspecified atom stereocenters. The van der Waals surface area contributed by atoms with Crippen LogP contribution in [0, 0.1) is 6.92 Å². The molecule has 4 rings (SSSR count). The van der Waals surface area contributed by atoms with Crippen LogP contribution in [0.15, 0.2) is 53.9 Å². The molecule has 2 aromatic carbocycles. The summed E-state index contributed by atoms with van der Waals surface area (Å²) in [6.45, 7) is 2.92. The van der Waals surface area contributed by atoms with Gasteiger partial charge in [-0.2, -0.15) is 26.3 Å². The van der Waals surface area contributed by atoms with E-state index in [4.69, 9.17) is 4.74 Å². The first-order chi connectivity index (χ1) is 16.5. The molecule has 2 atom stereocenters. The molecule has 0 bridgehead atoms. The quantitative estimate of drug-likeness (QED) is 0.272. The van der Waals surface area contributed by atoms with E-state index < -0.39 is 29.6 Å². The number of aromatic nitrogens is 1. The van der Waals surface area contributed by atoms with Crippen molar-refractivity contribution in [3.63, 3.8) is 0 Å². The Labute approximate surface area is 227 Å². The van der Waals surface area contributed by atoms with Crippen molar-refractivity contribution >= 4 is 36.2 Å².